The zero-order valence-electron chi connectivity index (χ0n) is 11.6. The molecule has 104 valence electrons. The lowest BCUT2D eigenvalue weighted by Crippen LogP contribution is -2.21. The highest BCUT2D eigenvalue weighted by Crippen LogP contribution is 2.29. The minimum Gasteiger partial charge on any atom is -0.480 e. The second kappa shape index (κ2) is 6.89. The van der Waals surface area contributed by atoms with Crippen LogP contribution in [0.25, 0.3) is 0 Å². The Morgan fingerprint density at radius 2 is 2.16 bits per heavy atom. The first-order chi connectivity index (χ1) is 8.93. The Labute approximate surface area is 113 Å². The van der Waals surface area contributed by atoms with Crippen molar-refractivity contribution in [2.45, 2.75) is 39.5 Å². The van der Waals surface area contributed by atoms with Crippen molar-refractivity contribution in [1.29, 1.82) is 0 Å². The van der Waals surface area contributed by atoms with Crippen LogP contribution in [0.3, 0.4) is 0 Å². The molecule has 0 spiro atoms. The third-order valence-electron chi connectivity index (χ3n) is 2.58. The number of rotatable bonds is 7. The summed E-state index contributed by atoms with van der Waals surface area (Å²) in [4.78, 5) is 10.5. The average Bonchev–Trinajstić information content (AvgIpc) is 2.36. The largest absolute Gasteiger partial charge is 0.480 e. The van der Waals surface area contributed by atoms with Gasteiger partial charge in [-0.25, -0.2) is 0 Å². The number of hydrogen-bond acceptors (Lipinski definition) is 4. The van der Waals surface area contributed by atoms with Gasteiger partial charge in [-0.05, 0) is 18.6 Å². The average molecular weight is 264 g/mol. The predicted octanol–water partition coefficient (Wildman–Crippen LogP) is 3.05. The van der Waals surface area contributed by atoms with Gasteiger partial charge in [0.25, 0.3) is 0 Å². The molecule has 1 N–H and O–H groups in total. The van der Waals surface area contributed by atoms with Gasteiger partial charge in [0.05, 0.1) is 4.92 Å². The van der Waals surface area contributed by atoms with Crippen LogP contribution in [0.1, 0.15) is 26.3 Å². The fourth-order valence-electron chi connectivity index (χ4n) is 1.48. The zero-order valence-corrected chi connectivity index (χ0v) is 11.6. The SMILES string of the molecule is C=CC(C)Oc1cc(CNC(C)C)ccc1[N+](=O)[O-]. The van der Waals surface area contributed by atoms with Gasteiger partial charge in [0.15, 0.2) is 5.75 Å². The van der Waals surface area contributed by atoms with Gasteiger partial charge in [-0.3, -0.25) is 10.1 Å². The topological polar surface area (TPSA) is 64.4 Å². The molecule has 5 nitrogen and oxygen atoms in total. The third-order valence-corrected chi connectivity index (χ3v) is 2.58. The summed E-state index contributed by atoms with van der Waals surface area (Å²) in [5.41, 5.74) is 0.924. The highest BCUT2D eigenvalue weighted by Gasteiger charge is 2.17. The van der Waals surface area contributed by atoms with E-state index in [2.05, 4.69) is 11.9 Å². The lowest BCUT2D eigenvalue weighted by atomic mass is 10.1. The fraction of sp³-hybridized carbons (Fsp3) is 0.429. The molecule has 0 amide bonds. The summed E-state index contributed by atoms with van der Waals surface area (Å²) in [6.45, 7) is 10.1. The molecule has 0 aliphatic heterocycles. The van der Waals surface area contributed by atoms with Crippen molar-refractivity contribution in [3.05, 3.63) is 46.5 Å². The van der Waals surface area contributed by atoms with Crippen LogP contribution in [-0.4, -0.2) is 17.1 Å². The van der Waals surface area contributed by atoms with Crippen LogP contribution in [0.2, 0.25) is 0 Å². The van der Waals surface area contributed by atoms with E-state index in [9.17, 15) is 10.1 Å². The van der Waals surface area contributed by atoms with Crippen LogP contribution in [0.5, 0.6) is 5.75 Å². The molecule has 0 bridgehead atoms. The molecule has 1 atom stereocenters. The van der Waals surface area contributed by atoms with Gasteiger partial charge in [0.1, 0.15) is 6.10 Å². The van der Waals surface area contributed by atoms with Gasteiger partial charge in [-0.2, -0.15) is 0 Å². The molecule has 0 aliphatic rings. The standard InChI is InChI=1S/C14H20N2O3/c1-5-11(4)19-14-8-12(9-15-10(2)3)6-7-13(14)16(17)18/h5-8,10-11,15H,1,9H2,2-4H3. The maximum absolute atomic E-state index is 11.0. The summed E-state index contributed by atoms with van der Waals surface area (Å²) >= 11 is 0. The number of nitro groups is 1. The van der Waals surface area contributed by atoms with Crippen molar-refractivity contribution in [3.63, 3.8) is 0 Å². The van der Waals surface area contributed by atoms with Crippen LogP contribution in [0.4, 0.5) is 5.69 Å². The maximum Gasteiger partial charge on any atom is 0.310 e. The monoisotopic (exact) mass is 264 g/mol. The molecule has 0 radical (unpaired) electrons. The van der Waals surface area contributed by atoms with E-state index < -0.39 is 4.92 Å². The predicted molar refractivity (Wildman–Crippen MR) is 75.4 cm³/mol. The van der Waals surface area contributed by atoms with Crippen molar-refractivity contribution in [1.82, 2.24) is 5.32 Å². The first-order valence-electron chi connectivity index (χ1n) is 6.24. The van der Waals surface area contributed by atoms with E-state index in [1.807, 2.05) is 13.8 Å². The van der Waals surface area contributed by atoms with Gasteiger partial charge < -0.3 is 10.1 Å². The molecule has 1 aromatic carbocycles. The summed E-state index contributed by atoms with van der Waals surface area (Å²) in [6, 6.07) is 5.27. The van der Waals surface area contributed by atoms with Crippen molar-refractivity contribution < 1.29 is 9.66 Å². The lowest BCUT2D eigenvalue weighted by molar-refractivity contribution is -0.386. The van der Waals surface area contributed by atoms with E-state index in [1.165, 1.54) is 6.07 Å². The zero-order chi connectivity index (χ0) is 14.4. The highest BCUT2D eigenvalue weighted by molar-refractivity contribution is 5.48. The summed E-state index contributed by atoms with van der Waals surface area (Å²) in [6.07, 6.45) is 1.33. The molecule has 1 unspecified atom stereocenters. The number of benzene rings is 1. The van der Waals surface area contributed by atoms with Gasteiger partial charge in [-0.1, -0.05) is 32.6 Å². The summed E-state index contributed by atoms with van der Waals surface area (Å²) in [5, 5.41) is 14.2. The van der Waals surface area contributed by atoms with E-state index in [0.29, 0.717) is 12.6 Å². The van der Waals surface area contributed by atoms with Gasteiger partial charge >= 0.3 is 5.69 Å². The first-order valence-corrected chi connectivity index (χ1v) is 6.24. The Hall–Kier alpha value is -1.88. The number of nitrogens with zero attached hydrogens (tertiary/aromatic N) is 1. The molecule has 1 rings (SSSR count). The third kappa shape index (κ3) is 4.71. The van der Waals surface area contributed by atoms with Crippen LogP contribution < -0.4 is 10.1 Å². The van der Waals surface area contributed by atoms with E-state index in [-0.39, 0.29) is 17.5 Å². The summed E-state index contributed by atoms with van der Waals surface area (Å²) < 4.78 is 5.52. The molecule has 19 heavy (non-hydrogen) atoms. The van der Waals surface area contributed by atoms with Gasteiger partial charge in [-0.15, -0.1) is 0 Å². The molecule has 5 heteroatoms. The quantitative estimate of drug-likeness (QED) is 0.467. The molecule has 0 saturated heterocycles. The van der Waals surface area contributed by atoms with Gasteiger partial charge in [0, 0.05) is 18.7 Å². The second-order valence-electron chi connectivity index (χ2n) is 4.65. The van der Waals surface area contributed by atoms with Crippen molar-refractivity contribution in [2.75, 3.05) is 0 Å². The van der Waals surface area contributed by atoms with Crippen LogP contribution in [-0.2, 0) is 6.54 Å². The fourth-order valence-corrected chi connectivity index (χ4v) is 1.48. The second-order valence-corrected chi connectivity index (χ2v) is 4.65. The molecule has 0 saturated carbocycles. The maximum atomic E-state index is 11.0. The molecular weight excluding hydrogens is 244 g/mol. The minimum absolute atomic E-state index is 0.0259. The Kier molecular flexibility index (Phi) is 5.51. The van der Waals surface area contributed by atoms with Crippen molar-refractivity contribution >= 4 is 5.69 Å². The van der Waals surface area contributed by atoms with Crippen molar-refractivity contribution in [3.8, 4) is 5.75 Å². The highest BCUT2D eigenvalue weighted by atomic mass is 16.6. The molecule has 0 aliphatic carbocycles. The van der Waals surface area contributed by atoms with E-state index >= 15 is 0 Å². The van der Waals surface area contributed by atoms with Crippen LogP contribution >= 0.6 is 0 Å². The van der Waals surface area contributed by atoms with Gasteiger partial charge in [0.2, 0.25) is 0 Å². The Balaban J connectivity index is 2.96. The van der Waals surface area contributed by atoms with Crippen molar-refractivity contribution in [2.24, 2.45) is 0 Å². The normalized spacial score (nSPS) is 12.2. The van der Waals surface area contributed by atoms with E-state index in [0.717, 1.165) is 5.56 Å². The number of nitrogens with one attached hydrogen (secondary N) is 1. The Bertz CT molecular complexity index is 458. The van der Waals surface area contributed by atoms with Crippen LogP contribution in [0, 0.1) is 10.1 Å². The first kappa shape index (κ1) is 15.2. The molecule has 0 aromatic heterocycles. The molecule has 1 aromatic rings. The molecule has 0 heterocycles. The Morgan fingerprint density at radius 1 is 1.47 bits per heavy atom. The molecule has 0 fully saturated rings. The summed E-state index contributed by atoms with van der Waals surface area (Å²) in [7, 11) is 0. The number of hydrogen-bond donors (Lipinski definition) is 1. The van der Waals surface area contributed by atoms with E-state index in [1.54, 1.807) is 25.1 Å². The number of nitro benzene ring substituents is 1. The lowest BCUT2D eigenvalue weighted by Gasteiger charge is -2.13. The summed E-state index contributed by atoms with van der Waals surface area (Å²) in [5.74, 6) is 0.278. The van der Waals surface area contributed by atoms with E-state index in [4.69, 9.17) is 4.74 Å². The molecular formula is C14H20N2O3. The van der Waals surface area contributed by atoms with Crippen LogP contribution in [0.15, 0.2) is 30.9 Å². The Morgan fingerprint density at radius 3 is 2.68 bits per heavy atom. The minimum atomic E-state index is -0.440. The number of ether oxygens (including phenoxy) is 1. The smallest absolute Gasteiger partial charge is 0.310 e.